The van der Waals surface area contributed by atoms with Crippen LogP contribution < -0.4 is 10.6 Å². The van der Waals surface area contributed by atoms with Gasteiger partial charge in [-0.2, -0.15) is 0 Å². The van der Waals surface area contributed by atoms with Crippen molar-refractivity contribution >= 4 is 16.8 Å². The van der Waals surface area contributed by atoms with Crippen LogP contribution >= 0.6 is 0 Å². The summed E-state index contributed by atoms with van der Waals surface area (Å²) in [6.45, 7) is 2.27. The molecule has 1 unspecified atom stereocenters. The van der Waals surface area contributed by atoms with Crippen LogP contribution in [0, 0.1) is 0 Å². The lowest BCUT2D eigenvalue weighted by molar-refractivity contribution is 0.220. The lowest BCUT2D eigenvalue weighted by Gasteiger charge is -2.12. The van der Waals surface area contributed by atoms with Crippen LogP contribution in [0.2, 0.25) is 0 Å². The Morgan fingerprint density at radius 2 is 1.95 bits per heavy atom. The molecule has 1 atom stereocenters. The summed E-state index contributed by atoms with van der Waals surface area (Å²) >= 11 is 0. The summed E-state index contributed by atoms with van der Waals surface area (Å²) in [5.74, 6) is 0. The van der Waals surface area contributed by atoms with Gasteiger partial charge in [-0.05, 0) is 29.7 Å². The molecule has 0 aliphatic rings. The molecule has 2 rings (SSSR count). The second kappa shape index (κ2) is 6.91. The van der Waals surface area contributed by atoms with E-state index in [-0.39, 0.29) is 18.7 Å². The van der Waals surface area contributed by atoms with E-state index in [1.54, 1.807) is 6.92 Å². The molecule has 0 radical (unpaired) electrons. The Kier molecular flexibility index (Phi) is 4.96. The quantitative estimate of drug-likeness (QED) is 0.780. The first-order valence-corrected chi connectivity index (χ1v) is 6.82. The van der Waals surface area contributed by atoms with Crippen LogP contribution in [0.3, 0.4) is 0 Å². The number of benzene rings is 2. The van der Waals surface area contributed by atoms with E-state index in [1.807, 2.05) is 12.1 Å². The van der Waals surface area contributed by atoms with Gasteiger partial charge in [0.15, 0.2) is 0 Å². The summed E-state index contributed by atoms with van der Waals surface area (Å²) in [4.78, 5) is 11.5. The van der Waals surface area contributed by atoms with Crippen LogP contribution in [0.1, 0.15) is 12.5 Å². The Hall–Kier alpha value is -2.07. The predicted molar refractivity (Wildman–Crippen MR) is 80.7 cm³/mol. The normalized spacial score (nSPS) is 12.1. The van der Waals surface area contributed by atoms with Crippen molar-refractivity contribution < 1.29 is 9.90 Å². The summed E-state index contributed by atoms with van der Waals surface area (Å²) in [6.07, 6.45) is 0.783. The number of carbonyl (C=O) groups is 1. The molecular formula is C16H20N2O2. The number of urea groups is 1. The van der Waals surface area contributed by atoms with Gasteiger partial charge in [-0.3, -0.25) is 0 Å². The van der Waals surface area contributed by atoms with Crippen molar-refractivity contribution in [1.82, 2.24) is 10.6 Å². The van der Waals surface area contributed by atoms with Gasteiger partial charge in [-0.15, -0.1) is 0 Å². The molecule has 2 aromatic carbocycles. The fraction of sp³-hybridized carbons (Fsp3) is 0.312. The second-order valence-electron chi connectivity index (χ2n) is 4.92. The molecule has 0 aliphatic carbocycles. The van der Waals surface area contributed by atoms with Crippen LogP contribution in [-0.4, -0.2) is 30.3 Å². The number of amides is 2. The molecule has 4 nitrogen and oxygen atoms in total. The van der Waals surface area contributed by atoms with E-state index in [1.165, 1.54) is 16.3 Å². The Balaban J connectivity index is 1.85. The summed E-state index contributed by atoms with van der Waals surface area (Å²) < 4.78 is 0. The predicted octanol–water partition coefficient (Wildman–Crippen LogP) is 2.06. The SMILES string of the molecule is CC(CO)NC(=O)NCCc1ccc2ccccc2c1. The minimum atomic E-state index is -0.243. The minimum Gasteiger partial charge on any atom is -0.394 e. The fourth-order valence-corrected chi connectivity index (χ4v) is 2.04. The van der Waals surface area contributed by atoms with Crippen molar-refractivity contribution in [2.45, 2.75) is 19.4 Å². The van der Waals surface area contributed by atoms with E-state index in [9.17, 15) is 4.79 Å². The van der Waals surface area contributed by atoms with Gasteiger partial charge in [0, 0.05) is 6.54 Å². The molecule has 106 valence electrons. The number of carbonyl (C=O) groups excluding carboxylic acids is 1. The van der Waals surface area contributed by atoms with Crippen molar-refractivity contribution in [2.75, 3.05) is 13.2 Å². The van der Waals surface area contributed by atoms with Crippen LogP contribution in [0.5, 0.6) is 0 Å². The third-order valence-electron chi connectivity index (χ3n) is 3.16. The molecule has 3 N–H and O–H groups in total. The van der Waals surface area contributed by atoms with E-state index in [4.69, 9.17) is 5.11 Å². The van der Waals surface area contributed by atoms with Gasteiger partial charge in [0.25, 0.3) is 0 Å². The fourth-order valence-electron chi connectivity index (χ4n) is 2.04. The number of nitrogens with one attached hydrogen (secondary N) is 2. The van der Waals surface area contributed by atoms with E-state index in [2.05, 4.69) is 41.0 Å². The summed E-state index contributed by atoms with van der Waals surface area (Å²) in [7, 11) is 0. The molecule has 0 aliphatic heterocycles. The number of hydrogen-bond acceptors (Lipinski definition) is 2. The Morgan fingerprint density at radius 1 is 1.20 bits per heavy atom. The summed E-state index contributed by atoms with van der Waals surface area (Å²) in [5, 5.41) is 16.7. The largest absolute Gasteiger partial charge is 0.394 e. The maximum atomic E-state index is 11.5. The van der Waals surface area contributed by atoms with E-state index in [0.717, 1.165) is 6.42 Å². The highest BCUT2D eigenvalue weighted by Gasteiger charge is 2.04. The van der Waals surface area contributed by atoms with Crippen LogP contribution in [0.15, 0.2) is 42.5 Å². The molecule has 4 heteroatoms. The zero-order chi connectivity index (χ0) is 14.4. The number of aliphatic hydroxyl groups excluding tert-OH is 1. The lowest BCUT2D eigenvalue weighted by Crippen LogP contribution is -2.42. The van der Waals surface area contributed by atoms with Gasteiger partial charge in [0.2, 0.25) is 0 Å². The lowest BCUT2D eigenvalue weighted by atomic mass is 10.1. The van der Waals surface area contributed by atoms with Crippen LogP contribution in [-0.2, 0) is 6.42 Å². The Bertz CT molecular complexity index is 583. The van der Waals surface area contributed by atoms with Gasteiger partial charge in [0.05, 0.1) is 12.6 Å². The van der Waals surface area contributed by atoms with Crippen molar-refractivity contribution in [3.8, 4) is 0 Å². The monoisotopic (exact) mass is 272 g/mol. The standard InChI is InChI=1S/C16H20N2O2/c1-12(11-19)18-16(20)17-9-8-13-6-7-14-4-2-3-5-15(14)10-13/h2-7,10,12,19H,8-9,11H2,1H3,(H2,17,18,20). The van der Waals surface area contributed by atoms with Gasteiger partial charge in [-0.25, -0.2) is 4.79 Å². The van der Waals surface area contributed by atoms with Crippen LogP contribution in [0.25, 0.3) is 10.8 Å². The van der Waals surface area contributed by atoms with Gasteiger partial charge in [-0.1, -0.05) is 42.5 Å². The zero-order valence-electron chi connectivity index (χ0n) is 11.6. The number of hydrogen-bond donors (Lipinski definition) is 3. The van der Waals surface area contributed by atoms with Crippen molar-refractivity contribution in [1.29, 1.82) is 0 Å². The second-order valence-corrected chi connectivity index (χ2v) is 4.92. The molecule has 2 aromatic rings. The van der Waals surface area contributed by atoms with E-state index in [0.29, 0.717) is 6.54 Å². The van der Waals surface area contributed by atoms with E-state index >= 15 is 0 Å². The van der Waals surface area contributed by atoms with E-state index < -0.39 is 0 Å². The average molecular weight is 272 g/mol. The number of aliphatic hydroxyl groups is 1. The van der Waals surface area contributed by atoms with Gasteiger partial charge < -0.3 is 15.7 Å². The summed E-state index contributed by atoms with van der Waals surface area (Å²) in [6, 6.07) is 14.1. The molecule has 0 saturated carbocycles. The molecule has 20 heavy (non-hydrogen) atoms. The third-order valence-corrected chi connectivity index (χ3v) is 3.16. The van der Waals surface area contributed by atoms with Crippen molar-refractivity contribution in [2.24, 2.45) is 0 Å². The van der Waals surface area contributed by atoms with Crippen molar-refractivity contribution in [3.05, 3.63) is 48.0 Å². The highest BCUT2D eigenvalue weighted by molar-refractivity contribution is 5.83. The van der Waals surface area contributed by atoms with Crippen LogP contribution in [0.4, 0.5) is 4.79 Å². The van der Waals surface area contributed by atoms with Gasteiger partial charge in [0.1, 0.15) is 0 Å². The highest BCUT2D eigenvalue weighted by Crippen LogP contribution is 2.15. The molecule has 0 bridgehead atoms. The van der Waals surface area contributed by atoms with Crippen molar-refractivity contribution in [3.63, 3.8) is 0 Å². The smallest absolute Gasteiger partial charge is 0.315 e. The number of rotatable bonds is 5. The maximum absolute atomic E-state index is 11.5. The first kappa shape index (κ1) is 14.3. The molecule has 0 heterocycles. The van der Waals surface area contributed by atoms with Gasteiger partial charge >= 0.3 is 6.03 Å². The molecule has 0 fully saturated rings. The Morgan fingerprint density at radius 3 is 2.70 bits per heavy atom. The highest BCUT2D eigenvalue weighted by atomic mass is 16.3. The molecule has 0 spiro atoms. The molecular weight excluding hydrogens is 252 g/mol. The topological polar surface area (TPSA) is 61.4 Å². The average Bonchev–Trinajstić information content (AvgIpc) is 2.47. The maximum Gasteiger partial charge on any atom is 0.315 e. The number of fused-ring (bicyclic) bond motifs is 1. The minimum absolute atomic E-state index is 0.0574. The third kappa shape index (κ3) is 3.96. The summed E-state index contributed by atoms with van der Waals surface area (Å²) in [5.41, 5.74) is 1.19. The Labute approximate surface area is 118 Å². The first-order valence-electron chi connectivity index (χ1n) is 6.82. The first-order chi connectivity index (χ1) is 9.69. The molecule has 2 amide bonds. The zero-order valence-corrected chi connectivity index (χ0v) is 11.6. The molecule has 0 saturated heterocycles. The molecule has 0 aromatic heterocycles.